The van der Waals surface area contributed by atoms with Gasteiger partial charge in [0, 0.05) is 9.13 Å². The molecule has 0 unspecified atom stereocenters. The maximum atomic E-state index is 13.1. The Kier molecular flexibility index (Phi) is 3.88. The molecule has 6 heteroatoms. The fraction of sp³-hybridized carbons (Fsp3) is 0.357. The molecule has 0 N–H and O–H groups in total. The summed E-state index contributed by atoms with van der Waals surface area (Å²) in [6.45, 7) is 5.10. The second-order valence-electron chi connectivity index (χ2n) is 5.50. The lowest BCUT2D eigenvalue weighted by atomic mass is 10.1. The van der Waals surface area contributed by atoms with Crippen molar-refractivity contribution in [2.24, 2.45) is 0 Å². The smallest absolute Gasteiger partial charge is 0.255 e. The lowest BCUT2D eigenvalue weighted by molar-refractivity contribution is -0.146. The predicted octanol–water partition coefficient (Wildman–Crippen LogP) is 4.93. The van der Waals surface area contributed by atoms with E-state index in [1.807, 2.05) is 12.1 Å². The van der Waals surface area contributed by atoms with Gasteiger partial charge in [0.2, 0.25) is 0 Å². The maximum absolute atomic E-state index is 13.1. The molecule has 1 aromatic heterocycles. The van der Waals surface area contributed by atoms with E-state index in [2.05, 4.69) is 27.7 Å². The van der Waals surface area contributed by atoms with Crippen LogP contribution in [0.2, 0.25) is 0 Å². The molecule has 0 bridgehead atoms. The van der Waals surface area contributed by atoms with Crippen molar-refractivity contribution in [3.05, 3.63) is 39.6 Å². The van der Waals surface area contributed by atoms with E-state index in [1.54, 1.807) is 32.9 Å². The normalized spacial score (nSPS) is 12.8. The van der Waals surface area contributed by atoms with Gasteiger partial charge in [0.1, 0.15) is 5.69 Å². The van der Waals surface area contributed by atoms with E-state index in [-0.39, 0.29) is 0 Å². The first-order valence-electron chi connectivity index (χ1n) is 6.03. The Hall–Kier alpha value is -1.05. The van der Waals surface area contributed by atoms with Crippen LogP contribution in [0.5, 0.6) is 0 Å². The van der Waals surface area contributed by atoms with Crippen LogP contribution in [0.3, 0.4) is 0 Å². The molecule has 1 heterocycles. The summed E-state index contributed by atoms with van der Waals surface area (Å²) in [5, 5.41) is 4.14. The summed E-state index contributed by atoms with van der Waals surface area (Å²) in [4.78, 5) is 0. The molecule has 0 aliphatic heterocycles. The number of benzene rings is 1. The number of nitrogens with zero attached hydrogens (tertiary/aromatic N) is 2. The van der Waals surface area contributed by atoms with Crippen LogP contribution in [-0.4, -0.2) is 9.78 Å². The molecule has 0 radical (unpaired) electrons. The highest BCUT2D eigenvalue weighted by atomic mass is 127. The van der Waals surface area contributed by atoms with Crippen molar-refractivity contribution in [3.63, 3.8) is 0 Å². The Morgan fingerprint density at radius 1 is 1.05 bits per heavy atom. The SMILES string of the molecule is CC(C)(C)n1nc(-c2ccc(I)cc2)cc1C(F)(F)F. The van der Waals surface area contributed by atoms with E-state index in [4.69, 9.17) is 0 Å². The van der Waals surface area contributed by atoms with Gasteiger partial charge in [0.25, 0.3) is 0 Å². The molecule has 0 saturated heterocycles. The number of aromatic nitrogens is 2. The Labute approximate surface area is 129 Å². The molecule has 108 valence electrons. The summed E-state index contributed by atoms with van der Waals surface area (Å²) in [6, 6.07) is 8.35. The number of halogens is 4. The van der Waals surface area contributed by atoms with Gasteiger partial charge in [0.05, 0.1) is 11.2 Å². The third-order valence-electron chi connectivity index (χ3n) is 2.78. The van der Waals surface area contributed by atoms with Crippen LogP contribution in [0.4, 0.5) is 13.2 Å². The Balaban J connectivity index is 2.57. The summed E-state index contributed by atoms with van der Waals surface area (Å²) >= 11 is 2.15. The molecular formula is C14H14F3IN2. The van der Waals surface area contributed by atoms with Crippen molar-refractivity contribution < 1.29 is 13.2 Å². The zero-order valence-corrected chi connectivity index (χ0v) is 13.5. The van der Waals surface area contributed by atoms with Gasteiger partial charge >= 0.3 is 6.18 Å². The van der Waals surface area contributed by atoms with Crippen LogP contribution in [0.15, 0.2) is 30.3 Å². The van der Waals surface area contributed by atoms with Crippen LogP contribution in [0.25, 0.3) is 11.3 Å². The van der Waals surface area contributed by atoms with Gasteiger partial charge in [-0.3, -0.25) is 4.68 Å². The molecule has 0 fully saturated rings. The zero-order valence-electron chi connectivity index (χ0n) is 11.3. The fourth-order valence-corrected chi connectivity index (χ4v) is 2.22. The quantitative estimate of drug-likeness (QED) is 0.628. The molecular weight excluding hydrogens is 380 g/mol. The molecule has 0 aliphatic rings. The van der Waals surface area contributed by atoms with Crippen LogP contribution >= 0.6 is 22.6 Å². The van der Waals surface area contributed by atoms with Gasteiger partial charge in [0.15, 0.2) is 0 Å². The van der Waals surface area contributed by atoms with E-state index >= 15 is 0 Å². The minimum Gasteiger partial charge on any atom is -0.255 e. The number of alkyl halides is 3. The Morgan fingerprint density at radius 3 is 2.00 bits per heavy atom. The molecule has 1 aromatic carbocycles. The van der Waals surface area contributed by atoms with Crippen molar-refractivity contribution >= 4 is 22.6 Å². The highest BCUT2D eigenvalue weighted by molar-refractivity contribution is 14.1. The second-order valence-corrected chi connectivity index (χ2v) is 6.75. The van der Waals surface area contributed by atoms with E-state index in [1.165, 1.54) is 0 Å². The van der Waals surface area contributed by atoms with Crippen molar-refractivity contribution in [3.8, 4) is 11.3 Å². The highest BCUT2D eigenvalue weighted by Gasteiger charge is 2.38. The van der Waals surface area contributed by atoms with Crippen LogP contribution < -0.4 is 0 Å². The number of hydrogen-bond acceptors (Lipinski definition) is 1. The van der Waals surface area contributed by atoms with Gasteiger partial charge in [-0.25, -0.2) is 0 Å². The molecule has 0 amide bonds. The summed E-state index contributed by atoms with van der Waals surface area (Å²) in [5.41, 5.74) is -0.437. The molecule has 0 atom stereocenters. The van der Waals surface area contributed by atoms with E-state index in [0.29, 0.717) is 11.3 Å². The average molecular weight is 394 g/mol. The van der Waals surface area contributed by atoms with Gasteiger partial charge < -0.3 is 0 Å². The topological polar surface area (TPSA) is 17.8 Å². The molecule has 2 rings (SSSR count). The maximum Gasteiger partial charge on any atom is 0.433 e. The largest absolute Gasteiger partial charge is 0.433 e. The molecule has 20 heavy (non-hydrogen) atoms. The molecule has 0 saturated carbocycles. The zero-order chi connectivity index (χ0) is 15.1. The van der Waals surface area contributed by atoms with Crippen molar-refractivity contribution in [1.82, 2.24) is 9.78 Å². The summed E-state index contributed by atoms with van der Waals surface area (Å²) in [7, 11) is 0. The second kappa shape index (κ2) is 5.05. The molecule has 0 aliphatic carbocycles. The predicted molar refractivity (Wildman–Crippen MR) is 80.4 cm³/mol. The van der Waals surface area contributed by atoms with Gasteiger partial charge in [-0.05, 0) is 61.6 Å². The van der Waals surface area contributed by atoms with E-state index < -0.39 is 17.4 Å². The van der Waals surface area contributed by atoms with E-state index in [9.17, 15) is 13.2 Å². The van der Waals surface area contributed by atoms with Crippen LogP contribution in [-0.2, 0) is 11.7 Å². The summed E-state index contributed by atoms with van der Waals surface area (Å²) in [6.07, 6.45) is -4.41. The summed E-state index contributed by atoms with van der Waals surface area (Å²) in [5.74, 6) is 0. The van der Waals surface area contributed by atoms with E-state index in [0.717, 1.165) is 14.3 Å². The number of hydrogen-bond donors (Lipinski definition) is 0. The van der Waals surface area contributed by atoms with Crippen molar-refractivity contribution in [2.75, 3.05) is 0 Å². The molecule has 2 nitrogen and oxygen atoms in total. The van der Waals surface area contributed by atoms with Gasteiger partial charge in [-0.1, -0.05) is 12.1 Å². The standard InChI is InChI=1S/C14H14F3IN2/c1-13(2,3)20-12(14(15,16)17)8-11(19-20)9-4-6-10(18)7-5-9/h4-8H,1-3H3. The number of rotatable bonds is 1. The first kappa shape index (κ1) is 15.3. The van der Waals surface area contributed by atoms with Crippen molar-refractivity contribution in [1.29, 1.82) is 0 Å². The Bertz CT molecular complexity index is 575. The third-order valence-corrected chi connectivity index (χ3v) is 3.49. The van der Waals surface area contributed by atoms with Crippen LogP contribution in [0.1, 0.15) is 26.5 Å². The lowest BCUT2D eigenvalue weighted by Gasteiger charge is -2.23. The third kappa shape index (κ3) is 3.16. The molecule has 0 spiro atoms. The first-order chi connectivity index (χ1) is 9.09. The fourth-order valence-electron chi connectivity index (χ4n) is 1.86. The van der Waals surface area contributed by atoms with Crippen LogP contribution in [0, 0.1) is 3.57 Å². The minimum absolute atomic E-state index is 0.337. The van der Waals surface area contributed by atoms with Gasteiger partial charge in [-0.2, -0.15) is 18.3 Å². The summed E-state index contributed by atoms with van der Waals surface area (Å²) < 4.78 is 41.4. The average Bonchev–Trinajstić information content (AvgIpc) is 2.74. The first-order valence-corrected chi connectivity index (χ1v) is 7.10. The molecule has 2 aromatic rings. The Morgan fingerprint density at radius 2 is 1.60 bits per heavy atom. The monoisotopic (exact) mass is 394 g/mol. The highest BCUT2D eigenvalue weighted by Crippen LogP contribution is 2.35. The lowest BCUT2D eigenvalue weighted by Crippen LogP contribution is -2.28. The minimum atomic E-state index is -4.41. The van der Waals surface area contributed by atoms with Crippen molar-refractivity contribution in [2.45, 2.75) is 32.5 Å². The van der Waals surface area contributed by atoms with Gasteiger partial charge in [-0.15, -0.1) is 0 Å².